The van der Waals surface area contributed by atoms with E-state index in [2.05, 4.69) is 26.1 Å². The van der Waals surface area contributed by atoms with Crippen LogP contribution < -0.4 is 5.32 Å². The highest BCUT2D eigenvalue weighted by Crippen LogP contribution is 2.31. The van der Waals surface area contributed by atoms with Crippen LogP contribution in [0.5, 0.6) is 0 Å². The van der Waals surface area contributed by atoms with Crippen molar-refractivity contribution in [3.63, 3.8) is 0 Å². The molecule has 1 aliphatic rings. The monoisotopic (exact) mass is 203 g/mol. The van der Waals surface area contributed by atoms with E-state index in [1.54, 1.807) is 0 Å². The van der Waals surface area contributed by atoms with E-state index in [0.717, 1.165) is 18.9 Å². The molecule has 1 heterocycles. The van der Waals surface area contributed by atoms with E-state index in [4.69, 9.17) is 4.74 Å². The number of thioether (sulfide) groups is 1. The van der Waals surface area contributed by atoms with Gasteiger partial charge in [-0.2, -0.15) is 0 Å². The number of hydrogen-bond donors (Lipinski definition) is 1. The van der Waals surface area contributed by atoms with Gasteiger partial charge in [0.15, 0.2) is 0 Å². The lowest BCUT2D eigenvalue weighted by Crippen LogP contribution is -2.51. The van der Waals surface area contributed by atoms with Gasteiger partial charge in [0.25, 0.3) is 0 Å². The van der Waals surface area contributed by atoms with E-state index >= 15 is 0 Å². The van der Waals surface area contributed by atoms with Gasteiger partial charge in [0, 0.05) is 7.11 Å². The van der Waals surface area contributed by atoms with Gasteiger partial charge < -0.3 is 10.1 Å². The fraction of sp³-hybridized carbons (Fsp3) is 1.00. The van der Waals surface area contributed by atoms with Gasteiger partial charge in [0.1, 0.15) is 0 Å². The van der Waals surface area contributed by atoms with Crippen molar-refractivity contribution in [1.29, 1.82) is 0 Å². The first-order valence-electron chi connectivity index (χ1n) is 5.02. The predicted octanol–water partition coefficient (Wildman–Crippen LogP) is 2.10. The van der Waals surface area contributed by atoms with Crippen molar-refractivity contribution in [3.8, 4) is 0 Å². The lowest BCUT2D eigenvalue weighted by atomic mass is 10.0. The van der Waals surface area contributed by atoms with Crippen LogP contribution in [0.25, 0.3) is 0 Å². The first-order valence-corrected chi connectivity index (χ1v) is 6.07. The molecule has 0 amide bonds. The second-order valence-corrected chi connectivity index (χ2v) is 5.24. The zero-order chi connectivity index (χ0) is 9.90. The maximum atomic E-state index is 5.58. The quantitative estimate of drug-likeness (QED) is 0.759. The number of methoxy groups -OCH3 is 1. The SMILES string of the molecule is CCC(C)(OC)C1NCC(C)CS1. The molecule has 3 atom stereocenters. The molecule has 0 aromatic rings. The summed E-state index contributed by atoms with van der Waals surface area (Å²) in [4.78, 5) is 0. The zero-order valence-electron chi connectivity index (χ0n) is 9.09. The summed E-state index contributed by atoms with van der Waals surface area (Å²) in [6.45, 7) is 7.78. The third kappa shape index (κ3) is 2.61. The molecule has 3 heteroatoms. The van der Waals surface area contributed by atoms with Gasteiger partial charge in [0.2, 0.25) is 0 Å². The summed E-state index contributed by atoms with van der Waals surface area (Å²) < 4.78 is 5.58. The summed E-state index contributed by atoms with van der Waals surface area (Å²) in [6, 6.07) is 0. The molecular formula is C10H21NOS. The van der Waals surface area contributed by atoms with E-state index in [1.165, 1.54) is 5.75 Å². The summed E-state index contributed by atoms with van der Waals surface area (Å²) in [6.07, 6.45) is 1.06. The summed E-state index contributed by atoms with van der Waals surface area (Å²) >= 11 is 1.99. The molecule has 0 aromatic carbocycles. The molecule has 3 unspecified atom stereocenters. The summed E-state index contributed by atoms with van der Waals surface area (Å²) in [5.74, 6) is 2.04. The van der Waals surface area contributed by atoms with Crippen LogP contribution in [0.4, 0.5) is 0 Å². The van der Waals surface area contributed by atoms with E-state index in [9.17, 15) is 0 Å². The van der Waals surface area contributed by atoms with Gasteiger partial charge >= 0.3 is 0 Å². The maximum absolute atomic E-state index is 5.58. The van der Waals surface area contributed by atoms with Crippen LogP contribution in [0.15, 0.2) is 0 Å². The van der Waals surface area contributed by atoms with Crippen LogP contribution >= 0.6 is 11.8 Å². The molecule has 0 aliphatic carbocycles. The summed E-state index contributed by atoms with van der Waals surface area (Å²) in [5.41, 5.74) is -0.00912. The van der Waals surface area contributed by atoms with Crippen molar-refractivity contribution in [2.45, 2.75) is 38.2 Å². The molecule has 1 N–H and O–H groups in total. The molecule has 13 heavy (non-hydrogen) atoms. The molecule has 0 aromatic heterocycles. The minimum absolute atomic E-state index is 0.00912. The number of nitrogens with one attached hydrogen (secondary N) is 1. The fourth-order valence-electron chi connectivity index (χ4n) is 1.52. The van der Waals surface area contributed by atoms with Crippen molar-refractivity contribution in [2.75, 3.05) is 19.4 Å². The van der Waals surface area contributed by atoms with Gasteiger partial charge in [-0.3, -0.25) is 0 Å². The van der Waals surface area contributed by atoms with Crippen LogP contribution in [0.3, 0.4) is 0 Å². The molecule has 0 saturated carbocycles. The Morgan fingerprint density at radius 1 is 1.62 bits per heavy atom. The lowest BCUT2D eigenvalue weighted by Gasteiger charge is -2.39. The average Bonchev–Trinajstić information content (AvgIpc) is 2.18. The largest absolute Gasteiger partial charge is 0.376 e. The van der Waals surface area contributed by atoms with Crippen LogP contribution in [0.2, 0.25) is 0 Å². The fourth-order valence-corrected chi connectivity index (χ4v) is 2.98. The van der Waals surface area contributed by atoms with Gasteiger partial charge in [-0.1, -0.05) is 13.8 Å². The molecule has 0 spiro atoms. The van der Waals surface area contributed by atoms with Gasteiger partial charge in [-0.25, -0.2) is 0 Å². The van der Waals surface area contributed by atoms with Gasteiger partial charge in [-0.15, -0.1) is 11.8 Å². The molecular weight excluding hydrogens is 182 g/mol. The van der Waals surface area contributed by atoms with E-state index in [-0.39, 0.29) is 5.60 Å². The van der Waals surface area contributed by atoms with Crippen LogP contribution in [0, 0.1) is 5.92 Å². The molecule has 78 valence electrons. The third-order valence-corrected chi connectivity index (χ3v) is 4.68. The number of ether oxygens (including phenoxy) is 1. The highest BCUT2D eigenvalue weighted by molar-refractivity contribution is 8.00. The van der Waals surface area contributed by atoms with Crippen molar-refractivity contribution in [3.05, 3.63) is 0 Å². The van der Waals surface area contributed by atoms with E-state index in [0.29, 0.717) is 5.37 Å². The maximum Gasteiger partial charge on any atom is 0.0893 e. The van der Waals surface area contributed by atoms with E-state index in [1.807, 2.05) is 18.9 Å². The molecule has 0 radical (unpaired) electrons. The summed E-state index contributed by atoms with van der Waals surface area (Å²) in [7, 11) is 1.81. The Balaban J connectivity index is 2.51. The molecule has 1 rings (SSSR count). The second kappa shape index (κ2) is 4.67. The molecule has 1 saturated heterocycles. The Morgan fingerprint density at radius 3 is 2.69 bits per heavy atom. The average molecular weight is 203 g/mol. The van der Waals surface area contributed by atoms with Crippen molar-refractivity contribution in [2.24, 2.45) is 5.92 Å². The van der Waals surface area contributed by atoms with Crippen LogP contribution in [-0.2, 0) is 4.74 Å². The van der Waals surface area contributed by atoms with Crippen LogP contribution in [-0.4, -0.2) is 30.4 Å². The first-order chi connectivity index (χ1) is 6.12. The smallest absolute Gasteiger partial charge is 0.0893 e. The van der Waals surface area contributed by atoms with Crippen LogP contribution in [0.1, 0.15) is 27.2 Å². The normalized spacial score (nSPS) is 34.2. The van der Waals surface area contributed by atoms with Gasteiger partial charge in [-0.05, 0) is 31.6 Å². The minimum Gasteiger partial charge on any atom is -0.376 e. The molecule has 2 nitrogen and oxygen atoms in total. The van der Waals surface area contributed by atoms with Crippen molar-refractivity contribution >= 4 is 11.8 Å². The number of hydrogen-bond acceptors (Lipinski definition) is 3. The van der Waals surface area contributed by atoms with Crippen molar-refractivity contribution in [1.82, 2.24) is 5.32 Å². The Morgan fingerprint density at radius 2 is 2.31 bits per heavy atom. The third-order valence-electron chi connectivity index (χ3n) is 2.92. The minimum atomic E-state index is -0.00912. The lowest BCUT2D eigenvalue weighted by molar-refractivity contribution is -0.00710. The van der Waals surface area contributed by atoms with E-state index < -0.39 is 0 Å². The Kier molecular flexibility index (Phi) is 4.07. The number of rotatable bonds is 3. The van der Waals surface area contributed by atoms with Crippen molar-refractivity contribution < 1.29 is 4.74 Å². The van der Waals surface area contributed by atoms with Gasteiger partial charge in [0.05, 0.1) is 11.0 Å². The molecule has 1 aliphatic heterocycles. The highest BCUT2D eigenvalue weighted by atomic mass is 32.2. The zero-order valence-corrected chi connectivity index (χ0v) is 9.91. The standard InChI is InChI=1S/C10H21NOS/c1-5-10(3,12-4)9-11-6-8(2)7-13-9/h8-9,11H,5-7H2,1-4H3. The summed E-state index contributed by atoms with van der Waals surface area (Å²) in [5, 5.41) is 4.01. The highest BCUT2D eigenvalue weighted by Gasteiger charge is 2.35. The Labute approximate surface area is 85.8 Å². The predicted molar refractivity (Wildman–Crippen MR) is 59.1 cm³/mol. The molecule has 1 fully saturated rings. The molecule has 0 bridgehead atoms. The Hall–Kier alpha value is 0.270. The second-order valence-electron chi connectivity index (χ2n) is 4.10. The topological polar surface area (TPSA) is 21.3 Å². The Bertz CT molecular complexity index is 151. The first kappa shape index (κ1) is 11.3.